The van der Waals surface area contributed by atoms with Crippen molar-refractivity contribution in [2.24, 2.45) is 4.36 Å². The third-order valence-electron chi connectivity index (χ3n) is 8.69. The zero-order valence-corrected chi connectivity index (χ0v) is 29.5. The van der Waals surface area contributed by atoms with Crippen LogP contribution in [0, 0.1) is 25.2 Å². The van der Waals surface area contributed by atoms with Crippen molar-refractivity contribution in [3.05, 3.63) is 77.0 Å². The number of aromatic nitrogens is 1. The van der Waals surface area contributed by atoms with Crippen LogP contribution in [-0.2, 0) is 14.5 Å². The number of benzene rings is 2. The minimum absolute atomic E-state index is 0.0291. The smallest absolute Gasteiger partial charge is 0.442 e. The van der Waals surface area contributed by atoms with E-state index >= 15 is 0 Å². The lowest BCUT2D eigenvalue weighted by Crippen LogP contribution is -2.49. The number of pyridine rings is 1. The first-order valence-corrected chi connectivity index (χ1v) is 18.2. The normalized spacial score (nSPS) is 16.9. The van der Waals surface area contributed by atoms with Gasteiger partial charge in [-0.2, -0.15) is 5.26 Å². The maximum Gasteiger partial charge on any atom is 0.442 e. The molecule has 3 heterocycles. The van der Waals surface area contributed by atoms with Gasteiger partial charge in [0.15, 0.2) is 0 Å². The van der Waals surface area contributed by atoms with Gasteiger partial charge in [-0.1, -0.05) is 18.2 Å². The van der Waals surface area contributed by atoms with Gasteiger partial charge in [0.1, 0.15) is 17.5 Å². The lowest BCUT2D eigenvalue weighted by atomic mass is 9.99. The number of hydrogen-bond donors (Lipinski definition) is 1. The van der Waals surface area contributed by atoms with Crippen LogP contribution in [0.15, 0.2) is 64.0 Å². The second-order valence-corrected chi connectivity index (χ2v) is 15.7. The van der Waals surface area contributed by atoms with Crippen molar-refractivity contribution >= 4 is 38.9 Å². The number of nitriles is 1. The van der Waals surface area contributed by atoms with E-state index in [9.17, 15) is 19.1 Å². The Morgan fingerprint density at radius 3 is 2.33 bits per heavy atom. The molecule has 0 bridgehead atoms. The highest BCUT2D eigenvalue weighted by Crippen LogP contribution is 2.29. The van der Waals surface area contributed by atoms with Crippen molar-refractivity contribution in [2.45, 2.75) is 64.0 Å². The summed E-state index contributed by atoms with van der Waals surface area (Å²) in [6.07, 6.45) is 4.00. The minimum Gasteiger partial charge on any atom is -0.442 e. The quantitative estimate of drug-likeness (QED) is 0.335. The maximum absolute atomic E-state index is 13.9. The Morgan fingerprint density at radius 2 is 1.67 bits per heavy atom. The summed E-state index contributed by atoms with van der Waals surface area (Å²) < 4.78 is 22.8. The first-order chi connectivity index (χ1) is 22.8. The fourth-order valence-corrected chi connectivity index (χ4v) is 7.52. The van der Waals surface area contributed by atoms with E-state index in [2.05, 4.69) is 38.6 Å². The van der Waals surface area contributed by atoms with E-state index in [-0.39, 0.29) is 11.9 Å². The highest BCUT2D eigenvalue weighted by molar-refractivity contribution is 7.93. The SMILES string of the molecule is Cc1cc(C)c(C(=O)N2CCN(c3ncccc3[S@](C)(=O)=NC(=O)OC(C)(C)C)CC2)cc1NC1CCN(c2ccccc2C#N)CC1. The van der Waals surface area contributed by atoms with Crippen molar-refractivity contribution in [3.63, 3.8) is 0 Å². The Morgan fingerprint density at radius 1 is 0.979 bits per heavy atom. The predicted molar refractivity (Wildman–Crippen MR) is 189 cm³/mol. The van der Waals surface area contributed by atoms with Gasteiger partial charge in [-0.05, 0) is 88.9 Å². The summed E-state index contributed by atoms with van der Waals surface area (Å²) in [4.78, 5) is 37.2. The molecule has 1 N–H and O–H groups in total. The Kier molecular flexibility index (Phi) is 10.3. The molecule has 48 heavy (non-hydrogen) atoms. The van der Waals surface area contributed by atoms with Gasteiger partial charge in [0.2, 0.25) is 0 Å². The molecule has 254 valence electrons. The molecular weight excluding hydrogens is 627 g/mol. The molecule has 2 aromatic carbocycles. The molecule has 2 saturated heterocycles. The van der Waals surface area contributed by atoms with E-state index < -0.39 is 21.4 Å². The summed E-state index contributed by atoms with van der Waals surface area (Å²) in [6.45, 7) is 12.8. The summed E-state index contributed by atoms with van der Waals surface area (Å²) in [5, 5.41) is 13.2. The standard InChI is InChI=1S/C36H45N7O4S/c1-25-22-26(2)30(39-28-13-16-41(17-14-28)31-11-8-7-10-27(31)24-37)23-29(25)34(44)43-20-18-42(19-21-43)33-32(12-9-15-38-33)48(6,46)40-35(45)47-36(3,4)5/h7-12,15,22-23,28,39H,13-14,16-21H2,1-6H3/t48-/m0/s1. The number of rotatable bonds is 6. The molecule has 5 rings (SSSR count). The first kappa shape index (κ1) is 34.7. The molecule has 0 unspecified atom stereocenters. The molecule has 0 saturated carbocycles. The van der Waals surface area contributed by atoms with Crippen LogP contribution in [0.3, 0.4) is 0 Å². The molecular formula is C36H45N7O4S. The lowest BCUT2D eigenvalue weighted by molar-refractivity contribution is 0.0607. The number of para-hydroxylation sites is 1. The molecule has 2 fully saturated rings. The molecule has 12 heteroatoms. The van der Waals surface area contributed by atoms with Gasteiger partial charge >= 0.3 is 6.09 Å². The summed E-state index contributed by atoms with van der Waals surface area (Å²) in [5.41, 5.74) is 4.57. The summed E-state index contributed by atoms with van der Waals surface area (Å²) in [5.74, 6) is 0.461. The van der Waals surface area contributed by atoms with Gasteiger partial charge in [0, 0.05) is 69.0 Å². The number of nitrogens with zero attached hydrogens (tertiary/aromatic N) is 6. The molecule has 0 aliphatic carbocycles. The Bertz CT molecular complexity index is 1840. The average Bonchev–Trinajstić information content (AvgIpc) is 3.05. The van der Waals surface area contributed by atoms with Gasteiger partial charge in [-0.3, -0.25) is 4.79 Å². The van der Waals surface area contributed by atoms with Crippen LogP contribution in [0.1, 0.15) is 60.7 Å². The predicted octanol–water partition coefficient (Wildman–Crippen LogP) is 6.01. The van der Waals surface area contributed by atoms with Crippen LogP contribution in [0.5, 0.6) is 0 Å². The second kappa shape index (κ2) is 14.2. The number of nitrogens with one attached hydrogen (secondary N) is 1. The third kappa shape index (κ3) is 8.08. The molecule has 0 radical (unpaired) electrons. The van der Waals surface area contributed by atoms with Crippen molar-refractivity contribution in [1.82, 2.24) is 9.88 Å². The molecule has 0 spiro atoms. The highest BCUT2D eigenvalue weighted by Gasteiger charge is 2.28. The number of anilines is 3. The van der Waals surface area contributed by atoms with E-state index in [1.807, 2.05) is 47.1 Å². The second-order valence-electron chi connectivity index (χ2n) is 13.5. The molecule has 1 atom stereocenters. The van der Waals surface area contributed by atoms with Gasteiger partial charge in [-0.15, -0.1) is 4.36 Å². The summed E-state index contributed by atoms with van der Waals surface area (Å²) >= 11 is 0. The molecule has 2 aliphatic heterocycles. The van der Waals surface area contributed by atoms with E-state index in [1.54, 1.807) is 39.1 Å². The first-order valence-electron chi connectivity index (χ1n) is 16.3. The fraction of sp³-hybridized carbons (Fsp3) is 0.444. The Hall–Kier alpha value is -4.63. The Labute approximate surface area is 284 Å². The monoisotopic (exact) mass is 671 g/mol. The van der Waals surface area contributed by atoms with Crippen molar-refractivity contribution in [2.75, 3.05) is 60.6 Å². The number of carbonyl (C=O) groups excluding carboxylic acids is 2. The largest absolute Gasteiger partial charge is 0.442 e. The average molecular weight is 672 g/mol. The number of piperidine rings is 1. The molecule has 2 aliphatic rings. The summed E-state index contributed by atoms with van der Waals surface area (Å²) in [6, 6.07) is 17.7. The molecule has 1 aromatic heterocycles. The lowest BCUT2D eigenvalue weighted by Gasteiger charge is -2.37. The number of ether oxygens (including phenoxy) is 1. The van der Waals surface area contributed by atoms with Gasteiger partial charge in [0.05, 0.1) is 25.9 Å². The highest BCUT2D eigenvalue weighted by atomic mass is 32.2. The van der Waals surface area contributed by atoms with E-state index in [4.69, 9.17) is 4.74 Å². The number of amides is 2. The molecule has 3 aromatic rings. The Balaban J connectivity index is 1.24. The number of carbonyl (C=O) groups is 2. The van der Waals surface area contributed by atoms with E-state index in [0.29, 0.717) is 48.0 Å². The zero-order chi connectivity index (χ0) is 34.6. The van der Waals surface area contributed by atoms with Crippen molar-refractivity contribution < 1.29 is 18.5 Å². The van der Waals surface area contributed by atoms with Crippen LogP contribution in [0.2, 0.25) is 0 Å². The summed E-state index contributed by atoms with van der Waals surface area (Å²) in [7, 11) is -3.14. The molecule has 2 amide bonds. The number of piperazine rings is 1. The van der Waals surface area contributed by atoms with Crippen LogP contribution in [-0.4, -0.2) is 83.3 Å². The van der Waals surface area contributed by atoms with Crippen LogP contribution < -0.4 is 15.1 Å². The van der Waals surface area contributed by atoms with Gasteiger partial charge in [0.25, 0.3) is 5.91 Å². The van der Waals surface area contributed by atoms with Crippen LogP contribution >= 0.6 is 0 Å². The third-order valence-corrected chi connectivity index (χ3v) is 10.3. The van der Waals surface area contributed by atoms with Crippen molar-refractivity contribution in [3.8, 4) is 6.07 Å². The van der Waals surface area contributed by atoms with Crippen molar-refractivity contribution in [1.29, 1.82) is 5.26 Å². The maximum atomic E-state index is 13.9. The van der Waals surface area contributed by atoms with Gasteiger partial charge < -0.3 is 24.8 Å². The molecule has 11 nitrogen and oxygen atoms in total. The number of hydrogen-bond acceptors (Lipinski definition) is 9. The minimum atomic E-state index is -3.14. The van der Waals surface area contributed by atoms with E-state index in [1.165, 1.54) is 6.26 Å². The number of aryl methyl sites for hydroxylation is 2. The zero-order valence-electron chi connectivity index (χ0n) is 28.7. The topological polar surface area (TPSA) is 131 Å². The van der Waals surface area contributed by atoms with Gasteiger partial charge in [-0.25, -0.2) is 14.0 Å². The van der Waals surface area contributed by atoms with E-state index in [0.717, 1.165) is 48.4 Å². The fourth-order valence-electron chi connectivity index (χ4n) is 6.25. The van der Waals surface area contributed by atoms with Crippen LogP contribution in [0.25, 0.3) is 0 Å². The van der Waals surface area contributed by atoms with Crippen LogP contribution in [0.4, 0.5) is 22.0 Å².